The van der Waals surface area contributed by atoms with Crippen LogP contribution in [0, 0.1) is 0 Å². The standard InChI is InChI=1S/C16H12Br2O2/c17-11-7-10(8-12(18)9-11)16(19)14-5-6-20-15-4-2-1-3-13(14)15/h1-4,7-9,14H,5-6H2. The molecule has 2 aromatic carbocycles. The summed E-state index contributed by atoms with van der Waals surface area (Å²) in [4.78, 5) is 12.8. The van der Waals surface area contributed by atoms with Gasteiger partial charge in [-0.2, -0.15) is 0 Å². The third-order valence-electron chi connectivity index (χ3n) is 3.42. The summed E-state index contributed by atoms with van der Waals surface area (Å²) < 4.78 is 7.41. The number of hydrogen-bond acceptors (Lipinski definition) is 2. The summed E-state index contributed by atoms with van der Waals surface area (Å²) in [5, 5.41) is 0. The molecule has 1 aliphatic rings. The van der Waals surface area contributed by atoms with Crippen LogP contribution in [-0.2, 0) is 0 Å². The van der Waals surface area contributed by atoms with Crippen LogP contribution in [0.25, 0.3) is 0 Å². The Morgan fingerprint density at radius 2 is 1.80 bits per heavy atom. The van der Waals surface area contributed by atoms with E-state index < -0.39 is 0 Å². The van der Waals surface area contributed by atoms with Gasteiger partial charge >= 0.3 is 0 Å². The summed E-state index contributed by atoms with van der Waals surface area (Å²) in [5.74, 6) is 0.843. The Bertz CT molecular complexity index is 647. The highest BCUT2D eigenvalue weighted by Gasteiger charge is 2.28. The van der Waals surface area contributed by atoms with E-state index in [0.717, 1.165) is 26.7 Å². The molecule has 0 saturated carbocycles. The Labute approximate surface area is 134 Å². The average molecular weight is 396 g/mol. The molecule has 0 spiro atoms. The molecule has 0 aliphatic carbocycles. The molecule has 1 heterocycles. The maximum Gasteiger partial charge on any atom is 0.170 e. The van der Waals surface area contributed by atoms with Crippen molar-refractivity contribution in [3.8, 4) is 5.75 Å². The second-order valence-corrected chi connectivity index (χ2v) is 6.58. The molecule has 0 bridgehead atoms. The highest BCUT2D eigenvalue weighted by molar-refractivity contribution is 9.11. The summed E-state index contributed by atoms with van der Waals surface area (Å²) in [5.41, 5.74) is 1.70. The number of halogens is 2. The fourth-order valence-electron chi connectivity index (χ4n) is 2.51. The first-order valence-corrected chi connectivity index (χ1v) is 7.96. The van der Waals surface area contributed by atoms with E-state index in [1.54, 1.807) is 0 Å². The lowest BCUT2D eigenvalue weighted by Gasteiger charge is -2.25. The zero-order valence-corrected chi connectivity index (χ0v) is 13.8. The number of ketones is 1. The van der Waals surface area contributed by atoms with Crippen molar-refractivity contribution in [1.82, 2.24) is 0 Å². The number of hydrogen-bond donors (Lipinski definition) is 0. The van der Waals surface area contributed by atoms with Crippen molar-refractivity contribution in [2.75, 3.05) is 6.61 Å². The van der Waals surface area contributed by atoms with Gasteiger partial charge in [-0.25, -0.2) is 0 Å². The Balaban J connectivity index is 1.99. The van der Waals surface area contributed by atoms with E-state index in [0.29, 0.717) is 12.2 Å². The smallest absolute Gasteiger partial charge is 0.170 e. The van der Waals surface area contributed by atoms with E-state index in [1.165, 1.54) is 0 Å². The second-order valence-electron chi connectivity index (χ2n) is 4.75. The Morgan fingerprint density at radius 1 is 1.10 bits per heavy atom. The molecule has 3 rings (SSSR count). The van der Waals surface area contributed by atoms with Crippen LogP contribution in [-0.4, -0.2) is 12.4 Å². The third kappa shape index (κ3) is 2.67. The van der Waals surface area contributed by atoms with Crippen molar-refractivity contribution < 1.29 is 9.53 Å². The molecule has 0 fully saturated rings. The van der Waals surface area contributed by atoms with Crippen molar-refractivity contribution >= 4 is 37.6 Å². The van der Waals surface area contributed by atoms with Crippen molar-refractivity contribution in [2.45, 2.75) is 12.3 Å². The molecule has 2 nitrogen and oxygen atoms in total. The van der Waals surface area contributed by atoms with Crippen LogP contribution in [0.2, 0.25) is 0 Å². The zero-order chi connectivity index (χ0) is 14.1. The van der Waals surface area contributed by atoms with Crippen LogP contribution in [0.4, 0.5) is 0 Å². The number of carbonyl (C=O) groups excluding carboxylic acids is 1. The fourth-order valence-corrected chi connectivity index (χ4v) is 3.81. The normalized spacial score (nSPS) is 17.2. The van der Waals surface area contributed by atoms with Crippen LogP contribution in [0.1, 0.15) is 28.3 Å². The molecular formula is C16H12Br2O2. The van der Waals surface area contributed by atoms with Crippen LogP contribution in [0.3, 0.4) is 0 Å². The highest BCUT2D eigenvalue weighted by Crippen LogP contribution is 2.36. The minimum Gasteiger partial charge on any atom is -0.493 e. The lowest BCUT2D eigenvalue weighted by molar-refractivity contribution is 0.0933. The van der Waals surface area contributed by atoms with Crippen LogP contribution in [0.5, 0.6) is 5.75 Å². The SMILES string of the molecule is O=C(c1cc(Br)cc(Br)c1)C1CCOc2ccccc21. The van der Waals surface area contributed by atoms with E-state index >= 15 is 0 Å². The molecule has 20 heavy (non-hydrogen) atoms. The van der Waals surface area contributed by atoms with Gasteiger partial charge in [0.25, 0.3) is 0 Å². The first kappa shape index (κ1) is 13.8. The summed E-state index contributed by atoms with van der Waals surface area (Å²) in [6, 6.07) is 13.4. The first-order valence-electron chi connectivity index (χ1n) is 6.37. The molecule has 2 aromatic rings. The molecule has 0 N–H and O–H groups in total. The van der Waals surface area contributed by atoms with Crippen molar-refractivity contribution in [3.63, 3.8) is 0 Å². The summed E-state index contributed by atoms with van der Waals surface area (Å²) in [6.45, 7) is 0.586. The van der Waals surface area contributed by atoms with Gasteiger partial charge in [-0.15, -0.1) is 0 Å². The van der Waals surface area contributed by atoms with Gasteiger partial charge in [0, 0.05) is 20.1 Å². The van der Waals surface area contributed by atoms with Crippen LogP contribution in [0.15, 0.2) is 51.4 Å². The van der Waals surface area contributed by atoms with E-state index in [-0.39, 0.29) is 11.7 Å². The molecule has 0 aromatic heterocycles. The number of para-hydroxylation sites is 1. The topological polar surface area (TPSA) is 26.3 Å². The minimum absolute atomic E-state index is 0.124. The molecule has 0 saturated heterocycles. The van der Waals surface area contributed by atoms with Gasteiger partial charge in [-0.05, 0) is 30.7 Å². The number of benzene rings is 2. The van der Waals surface area contributed by atoms with Gasteiger partial charge in [-0.3, -0.25) is 4.79 Å². The van der Waals surface area contributed by atoms with Crippen LogP contribution < -0.4 is 4.74 Å². The maximum absolute atomic E-state index is 12.8. The minimum atomic E-state index is -0.124. The van der Waals surface area contributed by atoms with E-state index in [1.807, 2.05) is 42.5 Å². The molecule has 1 atom stereocenters. The Kier molecular flexibility index (Phi) is 3.94. The molecular weight excluding hydrogens is 384 g/mol. The first-order chi connectivity index (χ1) is 9.65. The number of fused-ring (bicyclic) bond motifs is 1. The van der Waals surface area contributed by atoms with Crippen molar-refractivity contribution in [3.05, 3.63) is 62.5 Å². The van der Waals surface area contributed by atoms with Gasteiger partial charge < -0.3 is 4.74 Å². The predicted octanol–water partition coefficient (Wildman–Crippen LogP) is 4.96. The molecule has 0 amide bonds. The molecule has 1 unspecified atom stereocenters. The van der Waals surface area contributed by atoms with Crippen LogP contribution >= 0.6 is 31.9 Å². The van der Waals surface area contributed by atoms with E-state index in [4.69, 9.17) is 4.74 Å². The lowest BCUT2D eigenvalue weighted by Crippen LogP contribution is -2.21. The molecule has 102 valence electrons. The summed E-state index contributed by atoms with van der Waals surface area (Å²) >= 11 is 6.86. The number of rotatable bonds is 2. The monoisotopic (exact) mass is 394 g/mol. The Morgan fingerprint density at radius 3 is 2.55 bits per heavy atom. The molecule has 1 aliphatic heterocycles. The van der Waals surface area contributed by atoms with E-state index in [2.05, 4.69) is 31.9 Å². The molecule has 0 radical (unpaired) electrons. The molecule has 4 heteroatoms. The summed E-state index contributed by atoms with van der Waals surface area (Å²) in [7, 11) is 0. The zero-order valence-electron chi connectivity index (χ0n) is 10.6. The Hall–Kier alpha value is -1.13. The summed E-state index contributed by atoms with van der Waals surface area (Å²) in [6.07, 6.45) is 0.722. The lowest BCUT2D eigenvalue weighted by atomic mass is 9.86. The van der Waals surface area contributed by atoms with Gasteiger partial charge in [0.15, 0.2) is 5.78 Å². The third-order valence-corrected chi connectivity index (χ3v) is 4.34. The average Bonchev–Trinajstić information content (AvgIpc) is 2.45. The fraction of sp³-hybridized carbons (Fsp3) is 0.188. The number of ether oxygens (including phenoxy) is 1. The van der Waals surface area contributed by atoms with Gasteiger partial charge in [0.05, 0.1) is 12.5 Å². The van der Waals surface area contributed by atoms with Gasteiger partial charge in [0.1, 0.15) is 5.75 Å². The van der Waals surface area contributed by atoms with Crippen molar-refractivity contribution in [1.29, 1.82) is 0 Å². The van der Waals surface area contributed by atoms with Gasteiger partial charge in [-0.1, -0.05) is 50.1 Å². The number of Topliss-reactive ketones (excluding diaryl/α,β-unsaturated/α-hetero) is 1. The number of carbonyl (C=O) groups is 1. The largest absolute Gasteiger partial charge is 0.493 e. The van der Waals surface area contributed by atoms with Gasteiger partial charge in [0.2, 0.25) is 0 Å². The predicted molar refractivity (Wildman–Crippen MR) is 85.5 cm³/mol. The van der Waals surface area contributed by atoms with Crippen molar-refractivity contribution in [2.24, 2.45) is 0 Å². The quantitative estimate of drug-likeness (QED) is 0.671. The van der Waals surface area contributed by atoms with E-state index in [9.17, 15) is 4.79 Å². The highest BCUT2D eigenvalue weighted by atomic mass is 79.9. The maximum atomic E-state index is 12.8. The second kappa shape index (κ2) is 5.70.